The van der Waals surface area contributed by atoms with E-state index in [9.17, 15) is 9.59 Å². The summed E-state index contributed by atoms with van der Waals surface area (Å²) in [5.74, 6) is 1.01. The maximum absolute atomic E-state index is 12.9. The zero-order valence-electron chi connectivity index (χ0n) is 18.0. The first-order valence-electron chi connectivity index (χ1n) is 10.1. The van der Waals surface area contributed by atoms with Crippen LogP contribution in [0.5, 0.6) is 5.75 Å². The Kier molecular flexibility index (Phi) is 5.85. The summed E-state index contributed by atoms with van der Waals surface area (Å²) >= 11 is 0. The minimum absolute atomic E-state index is 0.205. The van der Waals surface area contributed by atoms with Gasteiger partial charge in [-0.15, -0.1) is 0 Å². The molecule has 162 valence electrons. The fourth-order valence-electron chi connectivity index (χ4n) is 3.51. The number of nitrogens with one attached hydrogen (secondary N) is 2. The second-order valence-corrected chi connectivity index (χ2v) is 7.35. The average molecular weight is 429 g/mol. The molecule has 0 fully saturated rings. The first-order chi connectivity index (χ1) is 15.5. The molecule has 0 aliphatic heterocycles. The van der Waals surface area contributed by atoms with Gasteiger partial charge in [0, 0.05) is 11.6 Å². The van der Waals surface area contributed by atoms with Crippen LogP contribution >= 0.6 is 0 Å². The third-order valence-corrected chi connectivity index (χ3v) is 5.31. The lowest BCUT2D eigenvalue weighted by Crippen LogP contribution is -2.27. The maximum atomic E-state index is 12.9. The summed E-state index contributed by atoms with van der Waals surface area (Å²) < 4.78 is 6.95. The van der Waals surface area contributed by atoms with Gasteiger partial charge in [-0.2, -0.15) is 10.2 Å². The number of methoxy groups -OCH3 is 1. The normalized spacial score (nSPS) is 11.7. The number of hydrogen-bond acceptors (Lipinski definition) is 5. The summed E-state index contributed by atoms with van der Waals surface area (Å²) in [4.78, 5) is 24.1. The van der Waals surface area contributed by atoms with Crippen LogP contribution in [0.2, 0.25) is 0 Å². The summed E-state index contributed by atoms with van der Waals surface area (Å²) in [6.07, 6.45) is 1.49. The van der Waals surface area contributed by atoms with Crippen molar-refractivity contribution in [3.8, 4) is 22.7 Å². The van der Waals surface area contributed by atoms with E-state index in [-0.39, 0.29) is 17.5 Å². The summed E-state index contributed by atoms with van der Waals surface area (Å²) in [5.41, 5.74) is 3.79. The Hall–Kier alpha value is -4.20. The number of aromatic nitrogens is 4. The average Bonchev–Trinajstić information content (AvgIpc) is 3.21. The smallest absolute Gasteiger partial charge is 0.264 e. The van der Waals surface area contributed by atoms with Gasteiger partial charge in [0.25, 0.3) is 11.5 Å². The molecule has 2 N–H and O–H groups in total. The molecule has 0 bridgehead atoms. The SMILES string of the molecule is COc1ccccc1-c1ccc(C(C)NC(=O)c2cnn(-c3ccc(=O)[nH]n3)c2C)cc1. The van der Waals surface area contributed by atoms with Crippen LogP contribution < -0.4 is 15.6 Å². The molecule has 8 heteroatoms. The molecule has 0 saturated carbocycles. The third-order valence-electron chi connectivity index (χ3n) is 5.31. The van der Waals surface area contributed by atoms with Crippen LogP contribution in [0.1, 0.15) is 34.6 Å². The first kappa shape index (κ1) is 21.0. The number of amides is 1. The largest absolute Gasteiger partial charge is 0.496 e. The highest BCUT2D eigenvalue weighted by molar-refractivity contribution is 5.95. The van der Waals surface area contributed by atoms with Crippen molar-refractivity contribution >= 4 is 5.91 Å². The van der Waals surface area contributed by atoms with Crippen molar-refractivity contribution in [3.63, 3.8) is 0 Å². The van der Waals surface area contributed by atoms with Crippen molar-refractivity contribution in [2.75, 3.05) is 7.11 Å². The fraction of sp³-hybridized carbons (Fsp3) is 0.167. The highest BCUT2D eigenvalue weighted by atomic mass is 16.5. The molecule has 0 radical (unpaired) electrons. The van der Waals surface area contributed by atoms with Gasteiger partial charge >= 0.3 is 0 Å². The van der Waals surface area contributed by atoms with Gasteiger partial charge in [-0.05, 0) is 37.1 Å². The van der Waals surface area contributed by atoms with Gasteiger partial charge < -0.3 is 10.1 Å². The molecule has 1 unspecified atom stereocenters. The van der Waals surface area contributed by atoms with Gasteiger partial charge in [0.2, 0.25) is 0 Å². The number of H-pyrrole nitrogens is 1. The van der Waals surface area contributed by atoms with Crippen LogP contribution in [-0.2, 0) is 0 Å². The number of carbonyl (C=O) groups excluding carboxylic acids is 1. The quantitative estimate of drug-likeness (QED) is 0.489. The van der Waals surface area contributed by atoms with E-state index in [1.807, 2.05) is 55.5 Å². The second kappa shape index (κ2) is 8.89. The van der Waals surface area contributed by atoms with Crippen LogP contribution in [0.25, 0.3) is 16.9 Å². The highest BCUT2D eigenvalue weighted by Gasteiger charge is 2.18. The van der Waals surface area contributed by atoms with E-state index in [1.165, 1.54) is 16.9 Å². The van der Waals surface area contributed by atoms with Crippen molar-refractivity contribution in [1.29, 1.82) is 0 Å². The van der Waals surface area contributed by atoms with Crippen molar-refractivity contribution in [3.05, 3.63) is 94.0 Å². The van der Waals surface area contributed by atoms with Crippen LogP contribution in [0.4, 0.5) is 0 Å². The molecule has 4 aromatic rings. The van der Waals surface area contributed by atoms with Crippen molar-refractivity contribution < 1.29 is 9.53 Å². The topological polar surface area (TPSA) is 102 Å². The van der Waals surface area contributed by atoms with Gasteiger partial charge in [-0.1, -0.05) is 42.5 Å². The van der Waals surface area contributed by atoms with Gasteiger partial charge in [-0.25, -0.2) is 9.78 Å². The Bertz CT molecular complexity index is 1290. The summed E-state index contributed by atoms with van der Waals surface area (Å²) in [5, 5.41) is 13.6. The zero-order chi connectivity index (χ0) is 22.7. The zero-order valence-corrected chi connectivity index (χ0v) is 18.0. The molecule has 2 heterocycles. The first-order valence-corrected chi connectivity index (χ1v) is 10.1. The summed E-state index contributed by atoms with van der Waals surface area (Å²) in [7, 11) is 1.65. The third kappa shape index (κ3) is 4.15. The number of carbonyl (C=O) groups is 1. The van der Waals surface area contributed by atoms with E-state index in [1.54, 1.807) is 20.1 Å². The number of nitrogens with zero attached hydrogens (tertiary/aromatic N) is 3. The predicted molar refractivity (Wildman–Crippen MR) is 121 cm³/mol. The molecule has 0 spiro atoms. The molecule has 0 aliphatic rings. The van der Waals surface area contributed by atoms with Crippen LogP contribution in [0, 0.1) is 6.92 Å². The minimum atomic E-state index is -0.304. The summed E-state index contributed by atoms with van der Waals surface area (Å²) in [6.45, 7) is 3.71. The lowest BCUT2D eigenvalue weighted by Gasteiger charge is -2.15. The number of benzene rings is 2. The second-order valence-electron chi connectivity index (χ2n) is 7.35. The van der Waals surface area contributed by atoms with Crippen LogP contribution in [0.3, 0.4) is 0 Å². The number of rotatable bonds is 6. The number of hydrogen-bond donors (Lipinski definition) is 2. The van der Waals surface area contributed by atoms with Crippen LogP contribution in [0.15, 0.2) is 71.7 Å². The molecule has 0 saturated heterocycles. The van der Waals surface area contributed by atoms with E-state index in [2.05, 4.69) is 20.6 Å². The Labute approximate surface area is 184 Å². The molecule has 0 aliphatic carbocycles. The monoisotopic (exact) mass is 429 g/mol. The van der Waals surface area contributed by atoms with Crippen molar-refractivity contribution in [1.82, 2.24) is 25.3 Å². The number of para-hydroxylation sites is 1. The van der Waals surface area contributed by atoms with Gasteiger partial charge in [0.05, 0.1) is 30.6 Å². The van der Waals surface area contributed by atoms with Crippen molar-refractivity contribution in [2.24, 2.45) is 0 Å². The Morgan fingerprint density at radius 1 is 1.09 bits per heavy atom. The number of ether oxygens (including phenoxy) is 1. The lowest BCUT2D eigenvalue weighted by molar-refractivity contribution is 0.0939. The van der Waals surface area contributed by atoms with E-state index in [4.69, 9.17) is 4.74 Å². The molecule has 2 aromatic heterocycles. The Balaban J connectivity index is 1.49. The predicted octanol–water partition coefficient (Wildman–Crippen LogP) is 3.43. The maximum Gasteiger partial charge on any atom is 0.264 e. The molecular weight excluding hydrogens is 406 g/mol. The van der Waals surface area contributed by atoms with E-state index >= 15 is 0 Å². The molecule has 1 amide bonds. The van der Waals surface area contributed by atoms with E-state index in [0.29, 0.717) is 17.1 Å². The van der Waals surface area contributed by atoms with E-state index in [0.717, 1.165) is 22.4 Å². The Morgan fingerprint density at radius 3 is 2.53 bits per heavy atom. The molecule has 8 nitrogen and oxygen atoms in total. The van der Waals surface area contributed by atoms with Gasteiger partial charge in [-0.3, -0.25) is 9.59 Å². The molecular formula is C24H23N5O3. The number of aromatic amines is 1. The van der Waals surface area contributed by atoms with E-state index < -0.39 is 0 Å². The lowest BCUT2D eigenvalue weighted by atomic mass is 10.0. The van der Waals surface area contributed by atoms with Gasteiger partial charge in [0.1, 0.15) is 5.75 Å². The molecule has 1 atom stereocenters. The Morgan fingerprint density at radius 2 is 1.84 bits per heavy atom. The van der Waals surface area contributed by atoms with Crippen LogP contribution in [-0.4, -0.2) is 33.0 Å². The highest BCUT2D eigenvalue weighted by Crippen LogP contribution is 2.30. The summed E-state index contributed by atoms with van der Waals surface area (Å²) in [6, 6.07) is 18.6. The molecule has 2 aromatic carbocycles. The van der Waals surface area contributed by atoms with Crippen molar-refractivity contribution in [2.45, 2.75) is 19.9 Å². The molecule has 32 heavy (non-hydrogen) atoms. The standard InChI is InChI=1S/C24H23N5O3/c1-15(17-8-10-18(11-9-17)19-6-4-5-7-21(19)32-3)26-24(31)20-14-25-29(16(20)2)22-12-13-23(30)28-27-22/h4-15H,1-3H3,(H,26,31)(H,28,30). The minimum Gasteiger partial charge on any atom is -0.496 e. The fourth-order valence-corrected chi connectivity index (χ4v) is 3.51. The van der Waals surface area contributed by atoms with Gasteiger partial charge in [0.15, 0.2) is 5.82 Å². The molecule has 4 rings (SSSR count).